The molecule has 0 saturated carbocycles. The van der Waals surface area contributed by atoms with Gasteiger partial charge in [-0.25, -0.2) is 8.78 Å². The first-order valence-electron chi connectivity index (χ1n) is 3.07. The predicted molar refractivity (Wildman–Crippen MR) is 52.2 cm³/mol. The first-order chi connectivity index (χ1) is 5.59. The molecule has 64 valence electrons. The highest BCUT2D eigenvalue weighted by molar-refractivity contribution is 9.28. The summed E-state index contributed by atoms with van der Waals surface area (Å²) in [6, 6.07) is 3.70. The van der Waals surface area contributed by atoms with E-state index in [0.717, 1.165) is 12.1 Å². The van der Waals surface area contributed by atoms with Gasteiger partial charge in [0.2, 0.25) is 0 Å². The van der Waals surface area contributed by atoms with Gasteiger partial charge in [-0.05, 0) is 55.6 Å². The van der Waals surface area contributed by atoms with Crippen molar-refractivity contribution < 1.29 is 8.78 Å². The lowest BCUT2D eigenvalue weighted by Gasteiger charge is -1.94. The average Bonchev–Trinajstić information content (AvgIpc) is 1.96. The monoisotopic (exact) mass is 296 g/mol. The zero-order chi connectivity index (χ0) is 9.14. The van der Waals surface area contributed by atoms with Gasteiger partial charge < -0.3 is 0 Å². The third-order valence-corrected chi connectivity index (χ3v) is 1.68. The Labute approximate surface area is 85.5 Å². The van der Waals surface area contributed by atoms with Crippen LogP contribution in [0.4, 0.5) is 8.78 Å². The largest absolute Gasteiger partial charge is 0.204 e. The molecule has 0 atom stereocenters. The summed E-state index contributed by atoms with van der Waals surface area (Å²) in [4.78, 5) is 0. The van der Waals surface area contributed by atoms with Crippen LogP contribution in [0.25, 0.3) is 6.08 Å². The highest BCUT2D eigenvalue weighted by Gasteiger charge is 2.00. The Hall–Kier alpha value is -0.220. The molecule has 1 aromatic rings. The van der Waals surface area contributed by atoms with Crippen molar-refractivity contribution in [3.8, 4) is 0 Å². The second kappa shape index (κ2) is 4.14. The van der Waals surface area contributed by atoms with Gasteiger partial charge in [0, 0.05) is 0 Å². The second-order valence-corrected chi connectivity index (χ2v) is 4.88. The van der Waals surface area contributed by atoms with Gasteiger partial charge in [-0.1, -0.05) is 6.07 Å². The van der Waals surface area contributed by atoms with E-state index in [9.17, 15) is 8.78 Å². The molecular weight excluding hydrogens is 294 g/mol. The standard InChI is InChI=1S/C8H4Br2F2/c9-8(10)4-5-1-2-6(11)7(12)3-5/h1-4H. The number of halogens is 4. The smallest absolute Gasteiger partial charge is 0.159 e. The molecule has 0 saturated heterocycles. The molecule has 1 rings (SSSR count). The molecule has 4 heteroatoms. The summed E-state index contributed by atoms with van der Waals surface area (Å²) in [6.45, 7) is 0. The van der Waals surface area contributed by atoms with E-state index >= 15 is 0 Å². The number of benzene rings is 1. The lowest BCUT2D eigenvalue weighted by molar-refractivity contribution is 0.508. The topological polar surface area (TPSA) is 0 Å². The Morgan fingerprint density at radius 1 is 1.17 bits per heavy atom. The van der Waals surface area contributed by atoms with Crippen molar-refractivity contribution in [3.63, 3.8) is 0 Å². The predicted octanol–water partition coefficient (Wildman–Crippen LogP) is 4.05. The SMILES string of the molecule is Fc1ccc(C=C(Br)Br)cc1F. The molecule has 0 spiro atoms. The molecule has 0 nitrogen and oxygen atoms in total. The maximum absolute atomic E-state index is 12.6. The lowest BCUT2D eigenvalue weighted by atomic mass is 10.2. The maximum Gasteiger partial charge on any atom is 0.159 e. The van der Waals surface area contributed by atoms with Crippen molar-refractivity contribution in [2.45, 2.75) is 0 Å². The highest BCUT2D eigenvalue weighted by atomic mass is 79.9. The Morgan fingerprint density at radius 2 is 1.83 bits per heavy atom. The Kier molecular flexibility index (Phi) is 3.40. The fourth-order valence-corrected chi connectivity index (χ4v) is 1.26. The Bertz CT molecular complexity index is 317. The van der Waals surface area contributed by atoms with Crippen LogP contribution in [0.15, 0.2) is 21.6 Å². The van der Waals surface area contributed by atoms with Gasteiger partial charge in [0.15, 0.2) is 11.6 Å². The summed E-state index contributed by atoms with van der Waals surface area (Å²) < 4.78 is 25.7. The first kappa shape index (κ1) is 9.86. The van der Waals surface area contributed by atoms with Crippen molar-refractivity contribution in [3.05, 3.63) is 38.8 Å². The quantitative estimate of drug-likeness (QED) is 0.733. The van der Waals surface area contributed by atoms with Crippen LogP contribution in [0, 0.1) is 11.6 Å². The molecule has 0 unspecified atom stereocenters. The fourth-order valence-electron chi connectivity index (χ4n) is 0.728. The van der Waals surface area contributed by atoms with Gasteiger partial charge in [-0.2, -0.15) is 0 Å². The third kappa shape index (κ3) is 2.68. The van der Waals surface area contributed by atoms with Gasteiger partial charge in [0.1, 0.15) is 0 Å². The zero-order valence-electron chi connectivity index (χ0n) is 5.82. The summed E-state index contributed by atoms with van der Waals surface area (Å²) in [5.41, 5.74) is 0.595. The summed E-state index contributed by atoms with van der Waals surface area (Å²) >= 11 is 6.23. The molecule has 0 aliphatic heterocycles. The van der Waals surface area contributed by atoms with E-state index in [-0.39, 0.29) is 0 Å². The minimum absolute atomic E-state index is 0.595. The van der Waals surface area contributed by atoms with Gasteiger partial charge in [-0.15, -0.1) is 0 Å². The molecule has 12 heavy (non-hydrogen) atoms. The van der Waals surface area contributed by atoms with Crippen molar-refractivity contribution in [2.75, 3.05) is 0 Å². The van der Waals surface area contributed by atoms with Crippen LogP contribution in [-0.2, 0) is 0 Å². The van der Waals surface area contributed by atoms with E-state index in [1.807, 2.05) is 0 Å². The van der Waals surface area contributed by atoms with Crippen LogP contribution in [0.2, 0.25) is 0 Å². The fraction of sp³-hybridized carbons (Fsp3) is 0. The van der Waals surface area contributed by atoms with Crippen molar-refractivity contribution >= 4 is 37.9 Å². The van der Waals surface area contributed by atoms with Gasteiger partial charge in [0.05, 0.1) is 3.39 Å². The molecule has 0 bridgehead atoms. The van der Waals surface area contributed by atoms with Crippen LogP contribution in [0.3, 0.4) is 0 Å². The molecule has 0 fully saturated rings. The Balaban J connectivity index is 3.05. The van der Waals surface area contributed by atoms with Crippen LogP contribution >= 0.6 is 31.9 Å². The lowest BCUT2D eigenvalue weighted by Crippen LogP contribution is -1.83. The minimum atomic E-state index is -0.843. The average molecular weight is 298 g/mol. The molecule has 0 heterocycles. The maximum atomic E-state index is 12.6. The zero-order valence-corrected chi connectivity index (χ0v) is 8.99. The molecule has 0 radical (unpaired) electrons. The van der Waals surface area contributed by atoms with Crippen LogP contribution in [0.1, 0.15) is 5.56 Å². The molecule has 0 amide bonds. The van der Waals surface area contributed by atoms with Gasteiger partial charge in [0.25, 0.3) is 0 Å². The molecular formula is C8H4Br2F2. The molecule has 0 aliphatic rings. The van der Waals surface area contributed by atoms with E-state index in [1.165, 1.54) is 6.07 Å². The summed E-state index contributed by atoms with van der Waals surface area (Å²) in [5.74, 6) is -1.68. The van der Waals surface area contributed by atoms with E-state index in [2.05, 4.69) is 31.9 Å². The van der Waals surface area contributed by atoms with Gasteiger partial charge >= 0.3 is 0 Å². The summed E-state index contributed by atoms with van der Waals surface area (Å²) in [5, 5.41) is 0. The van der Waals surface area contributed by atoms with E-state index in [0.29, 0.717) is 8.96 Å². The van der Waals surface area contributed by atoms with Crippen LogP contribution in [-0.4, -0.2) is 0 Å². The van der Waals surface area contributed by atoms with Gasteiger partial charge in [-0.3, -0.25) is 0 Å². The van der Waals surface area contributed by atoms with Crippen molar-refractivity contribution in [1.82, 2.24) is 0 Å². The number of hydrogen-bond acceptors (Lipinski definition) is 0. The number of rotatable bonds is 1. The number of hydrogen-bond donors (Lipinski definition) is 0. The normalized spacial score (nSPS) is 9.67. The van der Waals surface area contributed by atoms with E-state index in [1.54, 1.807) is 6.08 Å². The highest BCUT2D eigenvalue weighted by Crippen LogP contribution is 2.19. The first-order valence-corrected chi connectivity index (χ1v) is 4.66. The van der Waals surface area contributed by atoms with Crippen molar-refractivity contribution in [1.29, 1.82) is 0 Å². The Morgan fingerprint density at radius 3 is 2.33 bits per heavy atom. The van der Waals surface area contributed by atoms with Crippen LogP contribution in [0.5, 0.6) is 0 Å². The summed E-state index contributed by atoms with van der Waals surface area (Å²) in [7, 11) is 0. The van der Waals surface area contributed by atoms with E-state index in [4.69, 9.17) is 0 Å². The minimum Gasteiger partial charge on any atom is -0.204 e. The van der Waals surface area contributed by atoms with E-state index < -0.39 is 11.6 Å². The third-order valence-electron chi connectivity index (χ3n) is 1.22. The molecule has 0 N–H and O–H groups in total. The van der Waals surface area contributed by atoms with Crippen LogP contribution < -0.4 is 0 Å². The second-order valence-electron chi connectivity index (χ2n) is 2.11. The molecule has 0 aliphatic carbocycles. The summed E-state index contributed by atoms with van der Waals surface area (Å²) in [6.07, 6.45) is 1.63. The molecule has 0 aromatic heterocycles. The molecule has 1 aromatic carbocycles. The van der Waals surface area contributed by atoms with Crippen molar-refractivity contribution in [2.24, 2.45) is 0 Å².